The molecule has 4 fully saturated rings. The van der Waals surface area contributed by atoms with Crippen LogP contribution >= 0.6 is 0 Å². The van der Waals surface area contributed by atoms with Crippen molar-refractivity contribution in [2.45, 2.75) is 114 Å². The van der Waals surface area contributed by atoms with E-state index in [4.69, 9.17) is 13.9 Å². The van der Waals surface area contributed by atoms with Gasteiger partial charge in [0.05, 0.1) is 24.6 Å². The van der Waals surface area contributed by atoms with E-state index in [1.54, 1.807) is 6.26 Å². The average Bonchev–Trinajstić information content (AvgIpc) is 3.20. The number of hydrogen-bond acceptors (Lipinski definition) is 9. The first-order chi connectivity index (χ1) is 18.5. The lowest BCUT2D eigenvalue weighted by molar-refractivity contribution is -0.308. The fourth-order valence-electron chi connectivity index (χ4n) is 9.23. The van der Waals surface area contributed by atoms with Gasteiger partial charge in [0.15, 0.2) is 6.29 Å². The van der Waals surface area contributed by atoms with Crippen molar-refractivity contribution in [3.8, 4) is 0 Å². The van der Waals surface area contributed by atoms with Crippen molar-refractivity contribution in [2.24, 2.45) is 22.7 Å². The maximum absolute atomic E-state index is 12.4. The highest BCUT2D eigenvalue weighted by Crippen LogP contribution is 2.70. The molecule has 39 heavy (non-hydrogen) atoms. The van der Waals surface area contributed by atoms with E-state index in [1.165, 1.54) is 11.6 Å². The minimum atomic E-state index is -1.46. The van der Waals surface area contributed by atoms with Crippen LogP contribution in [0.15, 0.2) is 39.3 Å². The lowest BCUT2D eigenvalue weighted by Crippen LogP contribution is -2.61. The number of aliphatic hydroxyl groups excluding tert-OH is 4. The zero-order valence-electron chi connectivity index (χ0n) is 22.7. The van der Waals surface area contributed by atoms with Gasteiger partial charge in [0, 0.05) is 11.5 Å². The highest BCUT2D eigenvalue weighted by atomic mass is 16.7. The van der Waals surface area contributed by atoms with Crippen molar-refractivity contribution in [3.63, 3.8) is 0 Å². The van der Waals surface area contributed by atoms with E-state index in [9.17, 15) is 30.3 Å². The Hall–Kier alpha value is -1.59. The van der Waals surface area contributed by atoms with Crippen LogP contribution in [0.25, 0.3) is 0 Å². The van der Waals surface area contributed by atoms with Gasteiger partial charge in [-0.05, 0) is 86.2 Å². The Morgan fingerprint density at radius 3 is 2.49 bits per heavy atom. The summed E-state index contributed by atoms with van der Waals surface area (Å²) in [6.07, 6.45) is 3.85. The molecule has 3 saturated carbocycles. The SMILES string of the molecule is C[C@@]12CC[C@H](O[C@H]3O[C@@H](CO)[C@H](O)[C@H](O)[C@H]3O)C=C1CC[C@@H]1[C@@H]2CC[C@]2(C)[C@@H](c3ccc(=O)oc3)CC[C@]12O. The van der Waals surface area contributed by atoms with Crippen LogP contribution in [0.2, 0.25) is 0 Å². The monoisotopic (exact) mass is 546 g/mol. The normalized spacial score (nSPS) is 49.5. The zero-order valence-corrected chi connectivity index (χ0v) is 22.7. The van der Waals surface area contributed by atoms with Gasteiger partial charge in [0.1, 0.15) is 24.4 Å². The molecule has 9 heteroatoms. The van der Waals surface area contributed by atoms with Crippen molar-refractivity contribution in [3.05, 3.63) is 46.0 Å². The molecule has 1 aromatic heterocycles. The molecule has 1 aromatic rings. The summed E-state index contributed by atoms with van der Waals surface area (Å²) < 4.78 is 16.9. The summed E-state index contributed by atoms with van der Waals surface area (Å²) in [6, 6.07) is 3.34. The summed E-state index contributed by atoms with van der Waals surface area (Å²) in [4.78, 5) is 11.5. The predicted molar refractivity (Wildman–Crippen MR) is 140 cm³/mol. The molecule has 0 radical (unpaired) electrons. The zero-order chi connectivity index (χ0) is 27.7. The van der Waals surface area contributed by atoms with Crippen LogP contribution in [0.1, 0.15) is 76.7 Å². The Morgan fingerprint density at radius 1 is 0.974 bits per heavy atom. The minimum absolute atomic E-state index is 0.0627. The molecule has 0 aromatic carbocycles. The van der Waals surface area contributed by atoms with Crippen LogP contribution in [-0.4, -0.2) is 74.6 Å². The molecular weight excluding hydrogens is 504 g/mol. The summed E-state index contributed by atoms with van der Waals surface area (Å²) in [7, 11) is 0. The lowest BCUT2D eigenvalue weighted by atomic mass is 9.45. The minimum Gasteiger partial charge on any atom is -0.431 e. The van der Waals surface area contributed by atoms with Gasteiger partial charge in [-0.15, -0.1) is 0 Å². The maximum atomic E-state index is 12.4. The second-order valence-corrected chi connectivity index (χ2v) is 13.1. The van der Waals surface area contributed by atoms with Gasteiger partial charge in [-0.25, -0.2) is 4.79 Å². The summed E-state index contributed by atoms with van der Waals surface area (Å²) in [6.45, 7) is 4.06. The number of ether oxygens (including phenoxy) is 2. The Kier molecular flexibility index (Phi) is 6.90. The third-order valence-electron chi connectivity index (χ3n) is 11.5. The first-order valence-electron chi connectivity index (χ1n) is 14.5. The molecule has 5 N–H and O–H groups in total. The summed E-state index contributed by atoms with van der Waals surface area (Å²) in [5.74, 6) is 0.679. The first kappa shape index (κ1) is 27.6. The Bertz CT molecular complexity index is 1140. The fourth-order valence-corrected chi connectivity index (χ4v) is 9.23. The lowest BCUT2D eigenvalue weighted by Gasteiger charge is -2.62. The smallest absolute Gasteiger partial charge is 0.335 e. The molecular formula is C30H42O9. The van der Waals surface area contributed by atoms with E-state index >= 15 is 0 Å². The highest BCUT2D eigenvalue weighted by molar-refractivity contribution is 5.31. The third kappa shape index (κ3) is 4.11. The molecule has 0 unspecified atom stereocenters. The molecule has 6 rings (SSSR count). The molecule has 0 amide bonds. The quantitative estimate of drug-likeness (QED) is 0.357. The van der Waals surface area contributed by atoms with Gasteiger partial charge in [-0.1, -0.05) is 25.5 Å². The van der Waals surface area contributed by atoms with Gasteiger partial charge in [0.2, 0.25) is 0 Å². The number of allylic oxidation sites excluding steroid dienone is 1. The van der Waals surface area contributed by atoms with E-state index in [1.807, 2.05) is 6.07 Å². The number of hydrogen-bond donors (Lipinski definition) is 5. The molecule has 1 saturated heterocycles. The van der Waals surface area contributed by atoms with Crippen molar-refractivity contribution in [1.82, 2.24) is 0 Å². The van der Waals surface area contributed by atoms with E-state index in [-0.39, 0.29) is 34.4 Å². The summed E-state index contributed by atoms with van der Waals surface area (Å²) >= 11 is 0. The highest BCUT2D eigenvalue weighted by Gasteiger charge is 2.66. The largest absolute Gasteiger partial charge is 0.431 e. The summed E-state index contributed by atoms with van der Waals surface area (Å²) in [5.41, 5.74) is 0.833. The van der Waals surface area contributed by atoms with Crippen LogP contribution in [0.3, 0.4) is 0 Å². The molecule has 9 nitrogen and oxygen atoms in total. The Labute approximate surface area is 228 Å². The van der Waals surface area contributed by atoms with Crippen molar-refractivity contribution >= 4 is 0 Å². The second kappa shape index (κ2) is 9.76. The standard InChI is InChI=1S/C30H42O9/c1-28-10-7-18(38-27-26(35)25(34)24(33)22(14-31)39-27)13-17(28)4-5-21-20(28)8-11-29(2)19(9-12-30(21,29)36)16-3-6-23(32)37-15-16/h3,6,13,15,18-22,24-27,31,33-36H,4-5,7-12,14H2,1-2H3/t18-,19+,20-,21+,22-,24-,25-,26+,27-,28+,29+,30-/m0/s1. The third-order valence-corrected chi connectivity index (χ3v) is 11.5. The van der Waals surface area contributed by atoms with Gasteiger partial charge in [-0.3, -0.25) is 0 Å². The Balaban J connectivity index is 1.21. The number of fused-ring (bicyclic) bond motifs is 5. The van der Waals surface area contributed by atoms with E-state index < -0.39 is 42.9 Å². The van der Waals surface area contributed by atoms with E-state index in [2.05, 4.69) is 19.9 Å². The van der Waals surface area contributed by atoms with Crippen LogP contribution < -0.4 is 5.63 Å². The molecule has 2 heterocycles. The molecule has 12 atom stereocenters. The maximum Gasteiger partial charge on any atom is 0.335 e. The van der Waals surface area contributed by atoms with Crippen molar-refractivity contribution in [1.29, 1.82) is 0 Å². The van der Waals surface area contributed by atoms with Crippen LogP contribution in [0.4, 0.5) is 0 Å². The molecule has 5 aliphatic rings. The van der Waals surface area contributed by atoms with Gasteiger partial charge < -0.3 is 39.4 Å². The molecule has 1 aliphatic heterocycles. The molecule has 4 aliphatic carbocycles. The van der Waals surface area contributed by atoms with E-state index in [0.717, 1.165) is 50.5 Å². The number of aliphatic hydroxyl groups is 5. The first-order valence-corrected chi connectivity index (χ1v) is 14.5. The van der Waals surface area contributed by atoms with Crippen LogP contribution in [0, 0.1) is 22.7 Å². The van der Waals surface area contributed by atoms with E-state index in [0.29, 0.717) is 12.3 Å². The fraction of sp³-hybridized carbons (Fsp3) is 0.767. The van der Waals surface area contributed by atoms with Crippen molar-refractivity contribution in [2.75, 3.05) is 6.61 Å². The van der Waals surface area contributed by atoms with Gasteiger partial charge >= 0.3 is 5.63 Å². The topological polar surface area (TPSA) is 150 Å². The van der Waals surface area contributed by atoms with Crippen molar-refractivity contribution < 1.29 is 39.4 Å². The average molecular weight is 547 g/mol. The second-order valence-electron chi connectivity index (χ2n) is 13.1. The Morgan fingerprint density at radius 2 is 1.77 bits per heavy atom. The molecule has 0 bridgehead atoms. The molecule has 0 spiro atoms. The molecule has 216 valence electrons. The predicted octanol–water partition coefficient (Wildman–Crippen LogP) is 1.99. The number of rotatable bonds is 4. The van der Waals surface area contributed by atoms with Crippen LogP contribution in [0.5, 0.6) is 0 Å². The summed E-state index contributed by atoms with van der Waals surface area (Å²) in [5, 5.41) is 52.6. The van der Waals surface area contributed by atoms with Crippen LogP contribution in [-0.2, 0) is 9.47 Å². The van der Waals surface area contributed by atoms with Gasteiger partial charge in [-0.2, -0.15) is 0 Å². The van der Waals surface area contributed by atoms with Gasteiger partial charge in [0.25, 0.3) is 0 Å².